The van der Waals surface area contributed by atoms with Gasteiger partial charge in [-0.05, 0) is 30.4 Å². The van der Waals surface area contributed by atoms with Crippen LogP contribution in [-0.2, 0) is 17.9 Å². The number of aliphatic imine (C=N–C) groups is 1. The molecular weight excluding hydrogens is 403 g/mol. The molecule has 1 aromatic carbocycles. The van der Waals surface area contributed by atoms with Crippen molar-refractivity contribution in [1.29, 1.82) is 0 Å². The molecule has 1 aromatic rings. The minimum absolute atomic E-state index is 0. The van der Waals surface area contributed by atoms with Crippen LogP contribution >= 0.6 is 24.0 Å². The third kappa shape index (κ3) is 5.09. The fraction of sp³-hybridized carbons (Fsp3) is 0.529. The molecule has 3 rings (SSSR count). The molecule has 23 heavy (non-hydrogen) atoms. The lowest BCUT2D eigenvalue weighted by Crippen LogP contribution is -2.38. The van der Waals surface area contributed by atoms with E-state index < -0.39 is 0 Å². The van der Waals surface area contributed by atoms with Crippen LogP contribution < -0.4 is 10.6 Å². The molecule has 0 atom stereocenters. The number of amides is 1. The zero-order chi connectivity index (χ0) is 15.4. The van der Waals surface area contributed by atoms with E-state index in [-0.39, 0.29) is 29.9 Å². The predicted molar refractivity (Wildman–Crippen MR) is 103 cm³/mol. The van der Waals surface area contributed by atoms with E-state index in [9.17, 15) is 4.79 Å². The van der Waals surface area contributed by atoms with E-state index in [1.54, 1.807) is 7.05 Å². The number of halogens is 1. The van der Waals surface area contributed by atoms with E-state index in [1.807, 2.05) is 17.0 Å². The van der Waals surface area contributed by atoms with E-state index in [4.69, 9.17) is 0 Å². The van der Waals surface area contributed by atoms with Crippen LogP contribution in [0, 0.1) is 0 Å². The van der Waals surface area contributed by atoms with Crippen LogP contribution in [0.1, 0.15) is 36.8 Å². The minimum atomic E-state index is 0. The molecule has 0 bridgehead atoms. The first-order chi connectivity index (χ1) is 10.8. The first-order valence-electron chi connectivity index (χ1n) is 8.08. The van der Waals surface area contributed by atoms with Gasteiger partial charge >= 0.3 is 0 Å². The first kappa shape index (κ1) is 18.0. The van der Waals surface area contributed by atoms with Crippen molar-refractivity contribution in [3.05, 3.63) is 35.4 Å². The van der Waals surface area contributed by atoms with Crippen molar-refractivity contribution in [2.24, 2.45) is 4.99 Å². The van der Waals surface area contributed by atoms with Gasteiger partial charge < -0.3 is 15.5 Å². The maximum Gasteiger partial charge on any atom is 0.222 e. The molecule has 1 saturated carbocycles. The molecule has 1 amide bonds. The number of nitrogens with one attached hydrogen (secondary N) is 2. The lowest BCUT2D eigenvalue weighted by atomic mass is 10.1. The zero-order valence-electron chi connectivity index (χ0n) is 13.5. The lowest BCUT2D eigenvalue weighted by molar-refractivity contribution is -0.128. The highest BCUT2D eigenvalue weighted by molar-refractivity contribution is 14.0. The highest BCUT2D eigenvalue weighted by Crippen LogP contribution is 2.19. The van der Waals surface area contributed by atoms with Crippen molar-refractivity contribution in [3.8, 4) is 0 Å². The van der Waals surface area contributed by atoms with Gasteiger partial charge in [-0.3, -0.25) is 9.79 Å². The molecule has 1 heterocycles. The Hall–Kier alpha value is -1.31. The fourth-order valence-electron chi connectivity index (χ4n) is 2.76. The van der Waals surface area contributed by atoms with Crippen LogP contribution in [0.15, 0.2) is 29.3 Å². The molecule has 2 aliphatic rings. The van der Waals surface area contributed by atoms with Crippen LogP contribution in [-0.4, -0.2) is 36.4 Å². The normalized spacial score (nSPS) is 17.9. The highest BCUT2D eigenvalue weighted by Gasteiger charge is 2.23. The van der Waals surface area contributed by atoms with Gasteiger partial charge in [0.15, 0.2) is 5.96 Å². The van der Waals surface area contributed by atoms with E-state index in [1.165, 1.54) is 24.0 Å². The summed E-state index contributed by atoms with van der Waals surface area (Å²) in [6.45, 7) is 2.32. The number of carbonyl (C=O) groups is 1. The molecule has 1 aliphatic heterocycles. The van der Waals surface area contributed by atoms with Crippen molar-refractivity contribution < 1.29 is 4.79 Å². The molecule has 1 saturated heterocycles. The van der Waals surface area contributed by atoms with Crippen molar-refractivity contribution in [2.45, 2.75) is 44.8 Å². The minimum Gasteiger partial charge on any atom is -0.354 e. The summed E-state index contributed by atoms with van der Waals surface area (Å²) in [6.07, 6.45) is 4.14. The summed E-state index contributed by atoms with van der Waals surface area (Å²) in [5, 5.41) is 6.75. The van der Waals surface area contributed by atoms with E-state index >= 15 is 0 Å². The summed E-state index contributed by atoms with van der Waals surface area (Å²) in [5.74, 6) is 1.13. The number of guanidine groups is 1. The van der Waals surface area contributed by atoms with Gasteiger partial charge in [-0.25, -0.2) is 0 Å². The average molecular weight is 428 g/mol. The zero-order valence-corrected chi connectivity index (χ0v) is 15.9. The largest absolute Gasteiger partial charge is 0.354 e. The molecular formula is C17H25IN4O. The molecule has 126 valence electrons. The van der Waals surface area contributed by atoms with Gasteiger partial charge in [0.2, 0.25) is 5.91 Å². The van der Waals surface area contributed by atoms with Crippen molar-refractivity contribution in [1.82, 2.24) is 15.5 Å². The summed E-state index contributed by atoms with van der Waals surface area (Å²) in [4.78, 5) is 18.0. The fourth-order valence-corrected chi connectivity index (χ4v) is 2.76. The first-order valence-corrected chi connectivity index (χ1v) is 8.08. The molecule has 2 fully saturated rings. The van der Waals surface area contributed by atoms with Gasteiger partial charge in [0, 0.05) is 39.1 Å². The maximum absolute atomic E-state index is 11.8. The maximum atomic E-state index is 11.8. The van der Waals surface area contributed by atoms with Gasteiger partial charge in [0.25, 0.3) is 0 Å². The smallest absolute Gasteiger partial charge is 0.222 e. The molecule has 0 unspecified atom stereocenters. The van der Waals surface area contributed by atoms with Gasteiger partial charge in [-0.2, -0.15) is 0 Å². The molecule has 0 spiro atoms. The highest BCUT2D eigenvalue weighted by atomic mass is 127. The van der Waals surface area contributed by atoms with Crippen LogP contribution in [0.5, 0.6) is 0 Å². The second kappa shape index (κ2) is 8.52. The van der Waals surface area contributed by atoms with E-state index in [2.05, 4.69) is 27.8 Å². The van der Waals surface area contributed by atoms with Crippen LogP contribution in [0.25, 0.3) is 0 Å². The predicted octanol–water partition coefficient (Wildman–Crippen LogP) is 2.25. The molecule has 6 heteroatoms. The molecule has 1 aliphatic carbocycles. The quantitative estimate of drug-likeness (QED) is 0.430. The number of benzene rings is 1. The molecule has 2 N–H and O–H groups in total. The van der Waals surface area contributed by atoms with Crippen LogP contribution in [0.2, 0.25) is 0 Å². The van der Waals surface area contributed by atoms with E-state index in [0.29, 0.717) is 19.0 Å². The number of hydrogen-bond acceptors (Lipinski definition) is 2. The number of likely N-dealkylation sites (tertiary alicyclic amines) is 1. The monoisotopic (exact) mass is 428 g/mol. The van der Waals surface area contributed by atoms with Crippen molar-refractivity contribution in [2.75, 3.05) is 13.6 Å². The number of carbonyl (C=O) groups excluding carboxylic acids is 1. The topological polar surface area (TPSA) is 56.7 Å². The summed E-state index contributed by atoms with van der Waals surface area (Å²) in [5.41, 5.74) is 2.44. The number of rotatable bonds is 5. The Morgan fingerprint density at radius 2 is 2.04 bits per heavy atom. The van der Waals surface area contributed by atoms with E-state index in [0.717, 1.165) is 25.5 Å². The van der Waals surface area contributed by atoms with Gasteiger partial charge in [0.1, 0.15) is 0 Å². The Balaban J connectivity index is 0.00000192. The van der Waals surface area contributed by atoms with Gasteiger partial charge in [-0.15, -0.1) is 24.0 Å². The summed E-state index contributed by atoms with van der Waals surface area (Å²) < 4.78 is 0. The lowest BCUT2D eigenvalue weighted by Gasteiger charge is -2.19. The van der Waals surface area contributed by atoms with Gasteiger partial charge in [0.05, 0.1) is 0 Å². The number of nitrogens with zero attached hydrogens (tertiary/aromatic N) is 2. The summed E-state index contributed by atoms with van der Waals surface area (Å²) >= 11 is 0. The third-order valence-electron chi connectivity index (χ3n) is 4.24. The van der Waals surface area contributed by atoms with Gasteiger partial charge in [-0.1, -0.05) is 24.3 Å². The Kier molecular flexibility index (Phi) is 6.68. The van der Waals surface area contributed by atoms with Crippen molar-refractivity contribution >= 4 is 35.8 Å². The molecule has 0 radical (unpaired) electrons. The Bertz CT molecular complexity index is 571. The standard InChI is InChI=1S/C17H24N4O.HI/c1-18-17(20-15-8-9-15)19-11-13-5-2-3-6-14(13)12-21-10-4-7-16(21)22;/h2-3,5-6,15H,4,7-12H2,1H3,(H2,18,19,20);1H. The Morgan fingerprint density at radius 3 is 2.65 bits per heavy atom. The summed E-state index contributed by atoms with van der Waals surface area (Å²) in [6, 6.07) is 8.90. The number of hydrogen-bond donors (Lipinski definition) is 2. The second-order valence-corrected chi connectivity index (χ2v) is 6.03. The molecule has 5 nitrogen and oxygen atoms in total. The third-order valence-corrected chi connectivity index (χ3v) is 4.24. The van der Waals surface area contributed by atoms with Crippen LogP contribution in [0.4, 0.5) is 0 Å². The summed E-state index contributed by atoms with van der Waals surface area (Å²) in [7, 11) is 1.80. The Labute approximate surface area is 154 Å². The average Bonchev–Trinajstić information content (AvgIpc) is 3.27. The Morgan fingerprint density at radius 1 is 1.30 bits per heavy atom. The SMILES string of the molecule is CN=C(NCc1ccccc1CN1CCCC1=O)NC1CC1.I. The van der Waals surface area contributed by atoms with Crippen molar-refractivity contribution in [3.63, 3.8) is 0 Å². The second-order valence-electron chi connectivity index (χ2n) is 6.03. The van der Waals surface area contributed by atoms with Crippen LogP contribution in [0.3, 0.4) is 0 Å². The molecule has 0 aromatic heterocycles.